The van der Waals surface area contributed by atoms with E-state index in [2.05, 4.69) is 22.3 Å². The molecule has 0 saturated heterocycles. The molecule has 0 aliphatic rings. The van der Waals surface area contributed by atoms with Crippen LogP contribution in [-0.4, -0.2) is 17.3 Å². The summed E-state index contributed by atoms with van der Waals surface area (Å²) >= 11 is 0. The standard InChI is InChI=1S/C20H16N2O3/c1-23-18-9-5-4-8-17(18)20-22-21-19(25-20)13-24-16-11-10-14-6-2-3-7-15(14)12-16/h2-12H,13H2,1H3. The summed E-state index contributed by atoms with van der Waals surface area (Å²) in [4.78, 5) is 0. The molecule has 5 heteroatoms. The van der Waals surface area contributed by atoms with Crippen molar-refractivity contribution >= 4 is 10.8 Å². The number of rotatable bonds is 5. The fourth-order valence-electron chi connectivity index (χ4n) is 2.64. The van der Waals surface area contributed by atoms with Crippen molar-refractivity contribution in [1.29, 1.82) is 0 Å². The lowest BCUT2D eigenvalue weighted by Gasteiger charge is -2.05. The van der Waals surface area contributed by atoms with E-state index in [1.807, 2.05) is 54.6 Å². The lowest BCUT2D eigenvalue weighted by molar-refractivity contribution is 0.264. The summed E-state index contributed by atoms with van der Waals surface area (Å²) in [5.41, 5.74) is 0.759. The van der Waals surface area contributed by atoms with Crippen LogP contribution in [0.1, 0.15) is 5.89 Å². The molecule has 0 spiro atoms. The maximum atomic E-state index is 5.78. The quantitative estimate of drug-likeness (QED) is 0.539. The van der Waals surface area contributed by atoms with Gasteiger partial charge in [-0.05, 0) is 35.0 Å². The van der Waals surface area contributed by atoms with Crippen LogP contribution in [0, 0.1) is 0 Å². The molecule has 0 aliphatic carbocycles. The first kappa shape index (κ1) is 15.2. The molecule has 0 radical (unpaired) electrons. The fraction of sp³-hybridized carbons (Fsp3) is 0.100. The minimum absolute atomic E-state index is 0.209. The van der Waals surface area contributed by atoms with Gasteiger partial charge in [0.1, 0.15) is 11.5 Å². The molecule has 25 heavy (non-hydrogen) atoms. The third-order valence-corrected chi connectivity index (χ3v) is 3.89. The molecule has 3 aromatic carbocycles. The van der Waals surface area contributed by atoms with Crippen LogP contribution >= 0.6 is 0 Å². The molecule has 4 aromatic rings. The average Bonchev–Trinajstić information content (AvgIpc) is 3.15. The molecule has 0 bridgehead atoms. The van der Waals surface area contributed by atoms with Crippen molar-refractivity contribution in [2.75, 3.05) is 7.11 Å². The van der Waals surface area contributed by atoms with Gasteiger partial charge in [0, 0.05) is 0 Å². The molecule has 0 fully saturated rings. The summed E-state index contributed by atoms with van der Waals surface area (Å²) < 4.78 is 16.8. The second kappa shape index (κ2) is 6.65. The van der Waals surface area contributed by atoms with E-state index < -0.39 is 0 Å². The second-order valence-corrected chi connectivity index (χ2v) is 5.50. The minimum Gasteiger partial charge on any atom is -0.496 e. The lowest BCUT2D eigenvalue weighted by atomic mass is 10.1. The van der Waals surface area contributed by atoms with Gasteiger partial charge in [0.15, 0.2) is 6.61 Å². The molecular formula is C20H16N2O3. The molecule has 1 aromatic heterocycles. The number of hydrogen-bond donors (Lipinski definition) is 0. The van der Waals surface area contributed by atoms with Crippen molar-refractivity contribution in [3.8, 4) is 23.0 Å². The molecule has 1 heterocycles. The highest BCUT2D eigenvalue weighted by Gasteiger charge is 2.13. The Kier molecular flexibility index (Phi) is 4.04. The van der Waals surface area contributed by atoms with Gasteiger partial charge >= 0.3 is 0 Å². The van der Waals surface area contributed by atoms with Crippen molar-refractivity contribution in [2.24, 2.45) is 0 Å². The Bertz CT molecular complexity index is 1010. The summed E-state index contributed by atoms with van der Waals surface area (Å²) in [6.07, 6.45) is 0. The monoisotopic (exact) mass is 332 g/mol. The van der Waals surface area contributed by atoms with Gasteiger partial charge < -0.3 is 13.9 Å². The first-order valence-electron chi connectivity index (χ1n) is 7.91. The van der Waals surface area contributed by atoms with E-state index in [0.717, 1.165) is 16.7 Å². The van der Waals surface area contributed by atoms with Crippen molar-refractivity contribution in [2.45, 2.75) is 6.61 Å². The molecule has 0 N–H and O–H groups in total. The predicted molar refractivity (Wildman–Crippen MR) is 94.6 cm³/mol. The molecule has 0 unspecified atom stereocenters. The van der Waals surface area contributed by atoms with Crippen LogP contribution in [0.4, 0.5) is 0 Å². The van der Waals surface area contributed by atoms with Crippen molar-refractivity contribution in [1.82, 2.24) is 10.2 Å². The molecular weight excluding hydrogens is 316 g/mol. The van der Waals surface area contributed by atoms with Crippen molar-refractivity contribution < 1.29 is 13.9 Å². The van der Waals surface area contributed by atoms with Crippen LogP contribution < -0.4 is 9.47 Å². The number of para-hydroxylation sites is 1. The smallest absolute Gasteiger partial charge is 0.254 e. The van der Waals surface area contributed by atoms with Crippen LogP contribution in [0.25, 0.3) is 22.2 Å². The van der Waals surface area contributed by atoms with Crippen LogP contribution in [0.3, 0.4) is 0 Å². The van der Waals surface area contributed by atoms with E-state index in [1.165, 1.54) is 5.39 Å². The van der Waals surface area contributed by atoms with Gasteiger partial charge in [-0.15, -0.1) is 10.2 Å². The predicted octanol–water partition coefficient (Wildman–Crippen LogP) is 4.48. The number of fused-ring (bicyclic) bond motifs is 1. The maximum absolute atomic E-state index is 5.78. The van der Waals surface area contributed by atoms with Gasteiger partial charge in [-0.1, -0.05) is 42.5 Å². The Labute approximate surface area is 144 Å². The first-order valence-corrected chi connectivity index (χ1v) is 7.91. The SMILES string of the molecule is COc1ccccc1-c1nnc(COc2ccc3ccccc3c2)o1. The topological polar surface area (TPSA) is 57.4 Å². The van der Waals surface area contributed by atoms with E-state index in [9.17, 15) is 0 Å². The highest BCUT2D eigenvalue weighted by Crippen LogP contribution is 2.28. The minimum atomic E-state index is 0.209. The number of aromatic nitrogens is 2. The zero-order valence-corrected chi connectivity index (χ0v) is 13.7. The van der Waals surface area contributed by atoms with E-state index in [4.69, 9.17) is 13.9 Å². The molecule has 5 nitrogen and oxygen atoms in total. The summed E-state index contributed by atoms with van der Waals surface area (Å²) in [6, 6.07) is 21.6. The normalized spacial score (nSPS) is 10.8. The Hall–Kier alpha value is -3.34. The van der Waals surface area contributed by atoms with Gasteiger partial charge in [0.05, 0.1) is 12.7 Å². The third-order valence-electron chi connectivity index (χ3n) is 3.89. The molecule has 124 valence electrons. The number of benzene rings is 3. The summed E-state index contributed by atoms with van der Waals surface area (Å²) in [6.45, 7) is 0.209. The largest absolute Gasteiger partial charge is 0.496 e. The van der Waals surface area contributed by atoms with Gasteiger partial charge in [-0.3, -0.25) is 0 Å². The summed E-state index contributed by atoms with van der Waals surface area (Å²) in [7, 11) is 1.61. The van der Waals surface area contributed by atoms with E-state index >= 15 is 0 Å². The zero-order valence-electron chi connectivity index (χ0n) is 13.7. The lowest BCUT2D eigenvalue weighted by Crippen LogP contribution is -1.95. The van der Waals surface area contributed by atoms with Crippen LogP contribution in [0.15, 0.2) is 71.1 Å². The van der Waals surface area contributed by atoms with Gasteiger partial charge in [-0.25, -0.2) is 0 Å². The molecule has 0 amide bonds. The maximum Gasteiger partial charge on any atom is 0.254 e. The van der Waals surface area contributed by atoms with Crippen LogP contribution in [0.5, 0.6) is 11.5 Å². The third kappa shape index (κ3) is 3.17. The highest BCUT2D eigenvalue weighted by molar-refractivity contribution is 5.83. The van der Waals surface area contributed by atoms with Crippen molar-refractivity contribution in [3.05, 3.63) is 72.6 Å². The van der Waals surface area contributed by atoms with Gasteiger partial charge in [-0.2, -0.15) is 0 Å². The number of nitrogens with zero attached hydrogens (tertiary/aromatic N) is 2. The fourth-order valence-corrected chi connectivity index (χ4v) is 2.64. The zero-order chi connectivity index (χ0) is 17.1. The first-order chi connectivity index (χ1) is 12.3. The van der Waals surface area contributed by atoms with Gasteiger partial charge in [0.25, 0.3) is 11.8 Å². The molecule has 0 atom stereocenters. The Morgan fingerprint density at radius 3 is 2.56 bits per heavy atom. The van der Waals surface area contributed by atoms with Gasteiger partial charge in [0.2, 0.25) is 0 Å². The van der Waals surface area contributed by atoms with E-state index in [-0.39, 0.29) is 6.61 Å². The molecule has 4 rings (SSSR count). The number of ether oxygens (including phenoxy) is 2. The van der Waals surface area contributed by atoms with Crippen molar-refractivity contribution in [3.63, 3.8) is 0 Å². The van der Waals surface area contributed by atoms with E-state index in [0.29, 0.717) is 17.5 Å². The summed E-state index contributed by atoms with van der Waals surface area (Å²) in [5, 5.41) is 10.4. The molecule has 0 aliphatic heterocycles. The Morgan fingerprint density at radius 2 is 1.68 bits per heavy atom. The molecule has 0 saturated carbocycles. The highest BCUT2D eigenvalue weighted by atomic mass is 16.5. The number of methoxy groups -OCH3 is 1. The number of hydrogen-bond acceptors (Lipinski definition) is 5. The van der Waals surface area contributed by atoms with E-state index in [1.54, 1.807) is 7.11 Å². The van der Waals surface area contributed by atoms with Crippen LogP contribution in [0.2, 0.25) is 0 Å². The average molecular weight is 332 g/mol. The summed E-state index contributed by atoms with van der Waals surface area (Å²) in [5.74, 6) is 2.27. The Morgan fingerprint density at radius 1 is 0.880 bits per heavy atom. The Balaban J connectivity index is 1.51. The van der Waals surface area contributed by atoms with Crippen LogP contribution in [-0.2, 0) is 6.61 Å². The second-order valence-electron chi connectivity index (χ2n) is 5.50.